The first-order valence-electron chi connectivity index (χ1n) is 10.1. The molecule has 1 atom stereocenters. The van der Waals surface area contributed by atoms with E-state index in [2.05, 4.69) is 12.2 Å². The molecule has 0 radical (unpaired) electrons. The monoisotopic (exact) mass is 411 g/mol. The van der Waals surface area contributed by atoms with Crippen molar-refractivity contribution in [2.75, 3.05) is 18.0 Å². The van der Waals surface area contributed by atoms with Crippen LogP contribution in [-0.2, 0) is 21.5 Å². The molecule has 6 nitrogen and oxygen atoms in total. The minimum Gasteiger partial charge on any atom is -0.319 e. The van der Waals surface area contributed by atoms with Crippen LogP contribution in [0.3, 0.4) is 0 Å². The second-order valence-corrected chi connectivity index (χ2v) is 7.51. The van der Waals surface area contributed by atoms with Crippen molar-refractivity contribution in [2.45, 2.75) is 39.2 Å². The van der Waals surface area contributed by atoms with Crippen LogP contribution in [-0.4, -0.2) is 35.8 Å². The van der Waals surface area contributed by atoms with Crippen LogP contribution in [0.2, 0.25) is 0 Å². The predicted octanol–water partition coefficient (Wildman–Crippen LogP) is 3.60. The fraction of sp³-hybridized carbons (Fsp3) is 0.348. The van der Waals surface area contributed by atoms with Crippen molar-refractivity contribution >= 4 is 23.5 Å². The number of hydrogen-bond donors (Lipinski definition) is 1. The molecule has 1 aliphatic rings. The van der Waals surface area contributed by atoms with Crippen LogP contribution in [0.5, 0.6) is 0 Å². The van der Waals surface area contributed by atoms with E-state index in [-0.39, 0.29) is 6.54 Å². The maximum Gasteiger partial charge on any atom is 0.325 e. The summed E-state index contributed by atoms with van der Waals surface area (Å²) in [6.45, 7) is 5.44. The van der Waals surface area contributed by atoms with E-state index in [1.165, 1.54) is 29.2 Å². The zero-order chi connectivity index (χ0) is 21.9. The van der Waals surface area contributed by atoms with Crippen LogP contribution < -0.4 is 10.2 Å². The van der Waals surface area contributed by atoms with Crippen molar-refractivity contribution in [1.82, 2.24) is 10.2 Å². The van der Waals surface area contributed by atoms with Crippen molar-refractivity contribution in [3.05, 3.63) is 65.5 Å². The molecule has 1 unspecified atom stereocenters. The minimum atomic E-state index is -1.23. The molecule has 3 rings (SSSR count). The van der Waals surface area contributed by atoms with E-state index in [1.807, 2.05) is 24.3 Å². The molecular weight excluding hydrogens is 385 g/mol. The smallest absolute Gasteiger partial charge is 0.319 e. The quantitative estimate of drug-likeness (QED) is 0.708. The van der Waals surface area contributed by atoms with Crippen LogP contribution in [0.25, 0.3) is 0 Å². The number of aryl methyl sites for hydroxylation is 1. The summed E-state index contributed by atoms with van der Waals surface area (Å²) in [5.74, 6) is -1.30. The number of carbonyl (C=O) groups is 3. The van der Waals surface area contributed by atoms with Crippen LogP contribution >= 0.6 is 0 Å². The number of rotatable bonds is 7. The van der Waals surface area contributed by atoms with Gasteiger partial charge in [0.05, 0.1) is 0 Å². The Hall–Kier alpha value is -3.22. The summed E-state index contributed by atoms with van der Waals surface area (Å²) in [4.78, 5) is 40.8. The van der Waals surface area contributed by atoms with Gasteiger partial charge < -0.3 is 10.2 Å². The average molecular weight is 411 g/mol. The Balaban J connectivity index is 1.78. The Bertz CT molecular complexity index is 943. The molecule has 30 heavy (non-hydrogen) atoms. The highest BCUT2D eigenvalue weighted by Gasteiger charge is 2.49. The minimum absolute atomic E-state index is 0.324. The predicted molar refractivity (Wildman–Crippen MR) is 112 cm³/mol. The molecule has 0 spiro atoms. The lowest BCUT2D eigenvalue weighted by molar-refractivity contribution is -0.134. The molecule has 1 N–H and O–H groups in total. The fourth-order valence-electron chi connectivity index (χ4n) is 3.67. The van der Waals surface area contributed by atoms with Crippen molar-refractivity contribution in [3.8, 4) is 0 Å². The number of imide groups is 1. The summed E-state index contributed by atoms with van der Waals surface area (Å²) < 4.78 is 13.2. The summed E-state index contributed by atoms with van der Waals surface area (Å²) in [6.07, 6.45) is 1.96. The van der Waals surface area contributed by atoms with Gasteiger partial charge in [0.25, 0.3) is 5.91 Å². The molecule has 4 amide bonds. The topological polar surface area (TPSA) is 69.7 Å². The molecule has 1 fully saturated rings. The Morgan fingerprint density at radius 1 is 1.07 bits per heavy atom. The molecule has 7 heteroatoms. The summed E-state index contributed by atoms with van der Waals surface area (Å²) in [7, 11) is 0. The van der Waals surface area contributed by atoms with Gasteiger partial charge in [-0.3, -0.25) is 14.5 Å². The molecule has 158 valence electrons. The maximum atomic E-state index is 13.2. The lowest BCUT2D eigenvalue weighted by atomic mass is 9.91. The van der Waals surface area contributed by atoms with E-state index in [0.717, 1.165) is 23.3 Å². The average Bonchev–Trinajstić information content (AvgIpc) is 2.94. The molecule has 1 saturated heterocycles. The molecule has 0 aromatic heterocycles. The van der Waals surface area contributed by atoms with E-state index in [9.17, 15) is 18.8 Å². The van der Waals surface area contributed by atoms with Crippen LogP contribution in [0.4, 0.5) is 14.9 Å². The Labute approximate surface area is 175 Å². The third-order valence-electron chi connectivity index (χ3n) is 5.39. The first-order chi connectivity index (χ1) is 14.3. The molecule has 0 bridgehead atoms. The number of urea groups is 1. The van der Waals surface area contributed by atoms with Gasteiger partial charge in [-0.25, -0.2) is 9.18 Å². The number of benzene rings is 2. The third-order valence-corrected chi connectivity index (χ3v) is 5.39. The van der Waals surface area contributed by atoms with Crippen molar-refractivity contribution < 1.29 is 18.8 Å². The van der Waals surface area contributed by atoms with Gasteiger partial charge in [0.1, 0.15) is 17.9 Å². The van der Waals surface area contributed by atoms with Crippen LogP contribution in [0.1, 0.15) is 38.3 Å². The number of anilines is 1. The number of hydrogen-bond acceptors (Lipinski definition) is 3. The number of likely N-dealkylation sites (N-methyl/N-ethyl adjacent to an activating group) is 1. The Kier molecular flexibility index (Phi) is 6.20. The fourth-order valence-corrected chi connectivity index (χ4v) is 3.67. The Morgan fingerprint density at radius 2 is 1.70 bits per heavy atom. The van der Waals surface area contributed by atoms with Crippen LogP contribution in [0.15, 0.2) is 48.5 Å². The molecule has 1 heterocycles. The molecule has 1 aliphatic heterocycles. The first-order valence-corrected chi connectivity index (χ1v) is 10.1. The standard InChI is InChI=1S/C23H26FN3O3/c1-4-6-16-7-9-17(10-8-16)23(3)21(29)27(22(30)25-23)15-20(28)26(5-2)19-13-11-18(24)12-14-19/h7-14H,4-6,15H2,1-3H3,(H,25,30). The van der Waals surface area contributed by atoms with Gasteiger partial charge >= 0.3 is 6.03 Å². The maximum absolute atomic E-state index is 13.2. The van der Waals surface area contributed by atoms with E-state index in [0.29, 0.717) is 17.8 Å². The lowest BCUT2D eigenvalue weighted by Crippen LogP contribution is -2.44. The molecule has 2 aromatic carbocycles. The second-order valence-electron chi connectivity index (χ2n) is 7.51. The number of amides is 4. The largest absolute Gasteiger partial charge is 0.325 e. The summed E-state index contributed by atoms with van der Waals surface area (Å²) in [6, 6.07) is 12.5. The van der Waals surface area contributed by atoms with Gasteiger partial charge in [-0.1, -0.05) is 37.6 Å². The summed E-state index contributed by atoms with van der Waals surface area (Å²) >= 11 is 0. The van der Waals surface area contributed by atoms with E-state index >= 15 is 0 Å². The van der Waals surface area contributed by atoms with Gasteiger partial charge in [-0.15, -0.1) is 0 Å². The normalized spacial score (nSPS) is 18.5. The number of nitrogens with zero attached hydrogens (tertiary/aromatic N) is 2. The van der Waals surface area contributed by atoms with E-state index in [4.69, 9.17) is 0 Å². The second kappa shape index (κ2) is 8.65. The molecular formula is C23H26FN3O3. The van der Waals surface area contributed by atoms with Crippen molar-refractivity contribution in [1.29, 1.82) is 0 Å². The number of halogens is 1. The van der Waals surface area contributed by atoms with Gasteiger partial charge in [-0.05, 0) is 55.7 Å². The molecule has 2 aromatic rings. The lowest BCUT2D eigenvalue weighted by Gasteiger charge is -2.25. The van der Waals surface area contributed by atoms with E-state index < -0.39 is 29.2 Å². The summed E-state index contributed by atoms with van der Waals surface area (Å²) in [5, 5.41) is 2.72. The zero-order valence-electron chi connectivity index (χ0n) is 17.4. The molecule has 0 saturated carbocycles. The third kappa shape index (κ3) is 4.06. The van der Waals surface area contributed by atoms with Gasteiger partial charge in [0.15, 0.2) is 0 Å². The van der Waals surface area contributed by atoms with Crippen molar-refractivity contribution in [2.24, 2.45) is 0 Å². The number of nitrogens with one attached hydrogen (secondary N) is 1. The molecule has 0 aliphatic carbocycles. The highest BCUT2D eigenvalue weighted by Crippen LogP contribution is 2.29. The van der Waals surface area contributed by atoms with Crippen molar-refractivity contribution in [3.63, 3.8) is 0 Å². The highest BCUT2D eigenvalue weighted by molar-refractivity contribution is 6.10. The zero-order valence-corrected chi connectivity index (χ0v) is 17.4. The highest BCUT2D eigenvalue weighted by atomic mass is 19.1. The number of carbonyl (C=O) groups excluding carboxylic acids is 3. The Morgan fingerprint density at radius 3 is 2.27 bits per heavy atom. The van der Waals surface area contributed by atoms with Gasteiger partial charge in [0.2, 0.25) is 5.91 Å². The first kappa shape index (κ1) is 21.5. The van der Waals surface area contributed by atoms with Gasteiger partial charge in [0, 0.05) is 12.2 Å². The summed E-state index contributed by atoms with van der Waals surface area (Å²) in [5.41, 5.74) is 1.10. The van der Waals surface area contributed by atoms with Crippen LogP contribution in [0, 0.1) is 5.82 Å². The van der Waals surface area contributed by atoms with Gasteiger partial charge in [-0.2, -0.15) is 0 Å². The van der Waals surface area contributed by atoms with E-state index in [1.54, 1.807) is 13.8 Å². The SMILES string of the molecule is CCCc1ccc(C2(C)NC(=O)N(CC(=O)N(CC)c3ccc(F)cc3)C2=O)cc1.